The van der Waals surface area contributed by atoms with Crippen molar-refractivity contribution >= 4 is 5.78 Å². The molecule has 2 saturated carbocycles. The third-order valence-electron chi connectivity index (χ3n) is 7.56. The van der Waals surface area contributed by atoms with Crippen LogP contribution >= 0.6 is 0 Å². The lowest BCUT2D eigenvalue weighted by atomic mass is 9.48. The van der Waals surface area contributed by atoms with E-state index in [0.29, 0.717) is 31.8 Å². The third-order valence-corrected chi connectivity index (χ3v) is 7.56. The quantitative estimate of drug-likeness (QED) is 0.602. The normalized spacial score (nSPS) is 38.3. The van der Waals surface area contributed by atoms with Crippen molar-refractivity contribution in [2.45, 2.75) is 57.7 Å². The summed E-state index contributed by atoms with van der Waals surface area (Å²) in [5, 5.41) is 0. The van der Waals surface area contributed by atoms with Gasteiger partial charge in [0.1, 0.15) is 12.6 Å². The molecule has 3 fully saturated rings. The minimum atomic E-state index is -0.328. The largest absolute Gasteiger partial charge is 0.376 e. The van der Waals surface area contributed by atoms with Crippen LogP contribution in [0.15, 0.2) is 30.3 Å². The summed E-state index contributed by atoms with van der Waals surface area (Å²) in [4.78, 5) is 13.1. The van der Waals surface area contributed by atoms with Crippen LogP contribution in [0.25, 0.3) is 0 Å². The average molecular weight is 419 g/mol. The van der Waals surface area contributed by atoms with Crippen molar-refractivity contribution in [3.63, 3.8) is 0 Å². The first-order valence-corrected chi connectivity index (χ1v) is 11.0. The molecule has 6 heteroatoms. The SMILES string of the molecule is COCO[C@@H]1C[C@H]2C(=O)CC[C@H]3O[C@H](OC)C[C@@H]([C@H]1C)[C@]32COCc1ccccc1. The van der Waals surface area contributed by atoms with Gasteiger partial charge < -0.3 is 23.7 Å². The number of hydrogen-bond acceptors (Lipinski definition) is 6. The van der Waals surface area contributed by atoms with E-state index < -0.39 is 0 Å². The van der Waals surface area contributed by atoms with Gasteiger partial charge in [-0.2, -0.15) is 0 Å². The lowest BCUT2D eigenvalue weighted by Gasteiger charge is -2.62. The van der Waals surface area contributed by atoms with E-state index in [1.165, 1.54) is 0 Å². The van der Waals surface area contributed by atoms with Crippen molar-refractivity contribution in [3.8, 4) is 0 Å². The molecule has 3 aliphatic rings. The van der Waals surface area contributed by atoms with Crippen LogP contribution < -0.4 is 0 Å². The molecule has 0 aromatic heterocycles. The second kappa shape index (κ2) is 9.45. The summed E-state index contributed by atoms with van der Waals surface area (Å²) in [7, 11) is 3.33. The maximum absolute atomic E-state index is 13.1. The molecule has 0 N–H and O–H groups in total. The van der Waals surface area contributed by atoms with Crippen LogP contribution in [0.1, 0.15) is 38.2 Å². The molecule has 0 bridgehead atoms. The fourth-order valence-electron chi connectivity index (χ4n) is 6.11. The summed E-state index contributed by atoms with van der Waals surface area (Å²) < 4.78 is 29.5. The third kappa shape index (κ3) is 3.96. The smallest absolute Gasteiger partial charge is 0.157 e. The second-order valence-corrected chi connectivity index (χ2v) is 8.99. The molecule has 0 radical (unpaired) electrons. The van der Waals surface area contributed by atoms with Gasteiger partial charge in [-0.1, -0.05) is 37.3 Å². The molecule has 4 rings (SSSR count). The highest BCUT2D eigenvalue weighted by atomic mass is 16.7. The van der Waals surface area contributed by atoms with Crippen molar-refractivity contribution in [3.05, 3.63) is 35.9 Å². The number of rotatable bonds is 8. The van der Waals surface area contributed by atoms with Crippen LogP contribution in [0.3, 0.4) is 0 Å². The first kappa shape index (κ1) is 21.9. The van der Waals surface area contributed by atoms with Crippen LogP contribution in [0.5, 0.6) is 0 Å². The first-order valence-electron chi connectivity index (χ1n) is 11.0. The van der Waals surface area contributed by atoms with Crippen LogP contribution in [0.2, 0.25) is 0 Å². The Morgan fingerprint density at radius 1 is 1.17 bits per heavy atom. The fourth-order valence-corrected chi connectivity index (χ4v) is 6.11. The zero-order valence-corrected chi connectivity index (χ0v) is 18.3. The van der Waals surface area contributed by atoms with Crippen LogP contribution in [-0.2, 0) is 35.1 Å². The number of hydrogen-bond donors (Lipinski definition) is 0. The Labute approximate surface area is 179 Å². The summed E-state index contributed by atoms with van der Waals surface area (Å²) in [5.74, 6) is 0.679. The zero-order valence-electron chi connectivity index (χ0n) is 18.3. The van der Waals surface area contributed by atoms with Gasteiger partial charge >= 0.3 is 0 Å². The fraction of sp³-hybridized carbons (Fsp3) is 0.708. The number of methoxy groups -OCH3 is 2. The predicted molar refractivity (Wildman–Crippen MR) is 111 cm³/mol. The molecule has 6 nitrogen and oxygen atoms in total. The minimum absolute atomic E-state index is 0.0134. The molecular weight excluding hydrogens is 384 g/mol. The molecule has 1 aromatic rings. The Balaban J connectivity index is 1.61. The molecule has 1 heterocycles. The molecule has 0 amide bonds. The van der Waals surface area contributed by atoms with Crippen LogP contribution in [0, 0.1) is 23.2 Å². The molecule has 0 spiro atoms. The topological polar surface area (TPSA) is 63.2 Å². The standard InChI is InChI=1S/C24H34O6/c1-16-18-12-23(27-3)30-22-10-9-20(25)19(11-21(16)29-15-26-2)24(18,22)14-28-13-17-7-5-4-6-8-17/h4-8,16,18-19,21-23H,9-15H2,1-3H3/t16-,18+,19+,21-,22-,23+,24+/m1/s1. The van der Waals surface area contributed by atoms with E-state index in [2.05, 4.69) is 19.1 Å². The second-order valence-electron chi connectivity index (χ2n) is 8.99. The Kier molecular flexibility index (Phi) is 6.90. The van der Waals surface area contributed by atoms with Gasteiger partial charge in [-0.25, -0.2) is 0 Å². The molecular formula is C24H34O6. The van der Waals surface area contributed by atoms with E-state index in [4.69, 9.17) is 23.7 Å². The van der Waals surface area contributed by atoms with Crippen molar-refractivity contribution in [1.82, 2.24) is 0 Å². The molecule has 0 unspecified atom stereocenters. The minimum Gasteiger partial charge on any atom is -0.376 e. The molecule has 1 aliphatic heterocycles. The highest BCUT2D eigenvalue weighted by Gasteiger charge is 2.64. The maximum atomic E-state index is 13.1. The van der Waals surface area contributed by atoms with Gasteiger partial charge in [-0.3, -0.25) is 4.79 Å². The van der Waals surface area contributed by atoms with Crippen LogP contribution in [0.4, 0.5) is 0 Å². The average Bonchev–Trinajstić information content (AvgIpc) is 2.77. The van der Waals surface area contributed by atoms with E-state index in [-0.39, 0.29) is 48.5 Å². The van der Waals surface area contributed by atoms with E-state index in [1.807, 2.05) is 18.2 Å². The Morgan fingerprint density at radius 3 is 2.70 bits per heavy atom. The highest BCUT2D eigenvalue weighted by Crippen LogP contribution is 2.60. The lowest BCUT2D eigenvalue weighted by molar-refractivity contribution is -0.300. The zero-order chi connectivity index (χ0) is 21.1. The van der Waals surface area contributed by atoms with E-state index in [1.54, 1.807) is 14.2 Å². The summed E-state index contributed by atoms with van der Waals surface area (Å²) >= 11 is 0. The monoisotopic (exact) mass is 418 g/mol. The lowest BCUT2D eigenvalue weighted by Crippen LogP contribution is -2.66. The Bertz CT molecular complexity index is 709. The van der Waals surface area contributed by atoms with Crippen molar-refractivity contribution in [2.24, 2.45) is 23.2 Å². The van der Waals surface area contributed by atoms with Crippen molar-refractivity contribution < 1.29 is 28.5 Å². The van der Waals surface area contributed by atoms with Gasteiger partial charge in [-0.05, 0) is 30.2 Å². The van der Waals surface area contributed by atoms with E-state index in [0.717, 1.165) is 18.4 Å². The number of ketones is 1. The van der Waals surface area contributed by atoms with Crippen LogP contribution in [-0.4, -0.2) is 51.9 Å². The highest BCUT2D eigenvalue weighted by molar-refractivity contribution is 5.83. The number of benzene rings is 1. The van der Waals surface area contributed by atoms with Gasteiger partial charge in [0.25, 0.3) is 0 Å². The molecule has 1 saturated heterocycles. The molecule has 2 aliphatic carbocycles. The number of ether oxygens (including phenoxy) is 5. The van der Waals surface area contributed by atoms with Gasteiger partial charge in [0.2, 0.25) is 0 Å². The number of carbonyl (C=O) groups is 1. The first-order chi connectivity index (χ1) is 14.6. The van der Waals surface area contributed by atoms with Gasteiger partial charge in [0.05, 0.1) is 25.4 Å². The predicted octanol–water partition coefficient (Wildman–Crippen LogP) is 3.58. The van der Waals surface area contributed by atoms with Crippen molar-refractivity contribution in [2.75, 3.05) is 27.6 Å². The van der Waals surface area contributed by atoms with Gasteiger partial charge in [0, 0.05) is 38.4 Å². The molecule has 1 aromatic carbocycles. The summed E-state index contributed by atoms with van der Waals surface area (Å²) in [6.45, 7) is 3.53. The van der Waals surface area contributed by atoms with Gasteiger partial charge in [0.15, 0.2) is 6.29 Å². The summed E-state index contributed by atoms with van der Waals surface area (Å²) in [5.41, 5.74) is 0.810. The van der Waals surface area contributed by atoms with E-state index in [9.17, 15) is 4.79 Å². The molecule has 166 valence electrons. The molecule has 7 atom stereocenters. The number of Topliss-reactive ketones (excluding diaryl/α,β-unsaturated/α-hetero) is 1. The van der Waals surface area contributed by atoms with E-state index >= 15 is 0 Å². The maximum Gasteiger partial charge on any atom is 0.157 e. The van der Waals surface area contributed by atoms with Crippen molar-refractivity contribution in [1.29, 1.82) is 0 Å². The summed E-state index contributed by atoms with van der Waals surface area (Å²) in [6, 6.07) is 10.2. The Morgan fingerprint density at radius 2 is 1.97 bits per heavy atom. The summed E-state index contributed by atoms with van der Waals surface area (Å²) in [6.07, 6.45) is 2.43. The molecule has 30 heavy (non-hydrogen) atoms. The Hall–Kier alpha value is -1.31. The van der Waals surface area contributed by atoms with Gasteiger partial charge in [-0.15, -0.1) is 0 Å². The number of carbonyl (C=O) groups excluding carboxylic acids is 1.